The number of aromatic hydroxyl groups is 1. The highest BCUT2D eigenvalue weighted by atomic mass is 19.1. The van der Waals surface area contributed by atoms with Crippen LogP contribution in [0, 0.1) is 5.82 Å². The van der Waals surface area contributed by atoms with Gasteiger partial charge in [-0.05, 0) is 48.5 Å². The molecule has 0 aliphatic carbocycles. The summed E-state index contributed by atoms with van der Waals surface area (Å²) in [5.41, 5.74) is 1.28. The van der Waals surface area contributed by atoms with Crippen LogP contribution in [0.25, 0.3) is 16.7 Å². The summed E-state index contributed by atoms with van der Waals surface area (Å²) in [6, 6.07) is 16.3. The van der Waals surface area contributed by atoms with Crippen LogP contribution in [-0.2, 0) is 0 Å². The second kappa shape index (κ2) is 6.45. The lowest BCUT2D eigenvalue weighted by atomic mass is 10.2. The minimum absolute atomic E-state index is 0.0367. The van der Waals surface area contributed by atoms with Gasteiger partial charge in [-0.2, -0.15) is 0 Å². The van der Waals surface area contributed by atoms with Crippen molar-refractivity contribution < 1.29 is 14.3 Å². The van der Waals surface area contributed by atoms with Gasteiger partial charge in [-0.25, -0.2) is 4.39 Å². The molecule has 2 aromatic carbocycles. The van der Waals surface area contributed by atoms with E-state index in [9.17, 15) is 19.1 Å². The first-order chi connectivity index (χ1) is 13.0. The zero-order chi connectivity index (χ0) is 19.0. The number of H-pyrrole nitrogens is 1. The summed E-state index contributed by atoms with van der Waals surface area (Å²) in [6.07, 6.45) is 0. The number of hydrogen-bond acceptors (Lipinski definition) is 3. The third-order valence-electron chi connectivity index (χ3n) is 4.11. The number of carbonyl (C=O) groups is 1. The molecule has 4 rings (SSSR count). The molecule has 27 heavy (non-hydrogen) atoms. The normalized spacial score (nSPS) is 10.9. The molecule has 134 valence electrons. The number of fused-ring (bicyclic) bond motifs is 1. The van der Waals surface area contributed by atoms with E-state index >= 15 is 0 Å². The number of carbonyl (C=O) groups excluding carboxylic acids is 1. The number of halogens is 1. The summed E-state index contributed by atoms with van der Waals surface area (Å²) in [6.45, 7) is 0. The van der Waals surface area contributed by atoms with E-state index in [1.54, 1.807) is 24.3 Å². The zero-order valence-corrected chi connectivity index (χ0v) is 13.9. The molecular formula is C20H14FN3O3. The number of nitrogens with zero attached hydrogens (tertiary/aromatic N) is 1. The van der Waals surface area contributed by atoms with E-state index in [0.717, 1.165) is 0 Å². The van der Waals surface area contributed by atoms with Crippen molar-refractivity contribution in [3.8, 4) is 11.4 Å². The third kappa shape index (κ3) is 3.18. The van der Waals surface area contributed by atoms with E-state index in [0.29, 0.717) is 22.4 Å². The van der Waals surface area contributed by atoms with Crippen molar-refractivity contribution in [3.63, 3.8) is 0 Å². The standard InChI is InChI=1S/C20H14FN3O3/c21-13-5-7-15(8-6-13)24-18(26)9-4-12-10-17(23-19(12)24)20(27)22-14-2-1-3-16(25)11-14/h1-11,23,25H,(H,22,27). The fourth-order valence-corrected chi connectivity index (χ4v) is 2.87. The summed E-state index contributed by atoms with van der Waals surface area (Å²) < 4.78 is 14.6. The Morgan fingerprint density at radius 1 is 1.04 bits per heavy atom. The fourth-order valence-electron chi connectivity index (χ4n) is 2.87. The number of hydrogen-bond donors (Lipinski definition) is 3. The number of phenolic OH excluding ortho intramolecular Hbond substituents is 1. The van der Waals surface area contributed by atoms with Crippen LogP contribution in [0.5, 0.6) is 5.75 Å². The number of aromatic nitrogens is 2. The largest absolute Gasteiger partial charge is 0.508 e. The molecule has 0 radical (unpaired) electrons. The van der Waals surface area contributed by atoms with Gasteiger partial charge in [-0.3, -0.25) is 14.2 Å². The van der Waals surface area contributed by atoms with Gasteiger partial charge in [0.05, 0.1) is 5.69 Å². The molecule has 3 N–H and O–H groups in total. The van der Waals surface area contributed by atoms with Crippen molar-refractivity contribution in [3.05, 3.63) is 88.6 Å². The van der Waals surface area contributed by atoms with Gasteiger partial charge in [-0.15, -0.1) is 0 Å². The van der Waals surface area contributed by atoms with Crippen molar-refractivity contribution >= 4 is 22.6 Å². The second-order valence-corrected chi connectivity index (χ2v) is 5.97. The van der Waals surface area contributed by atoms with Gasteiger partial charge in [0.15, 0.2) is 0 Å². The van der Waals surface area contributed by atoms with Crippen LogP contribution in [0.15, 0.2) is 71.5 Å². The molecule has 4 aromatic rings. The smallest absolute Gasteiger partial charge is 0.272 e. The first-order valence-electron chi connectivity index (χ1n) is 8.12. The lowest BCUT2D eigenvalue weighted by Crippen LogP contribution is -2.17. The van der Waals surface area contributed by atoms with Crippen molar-refractivity contribution in [2.75, 3.05) is 5.32 Å². The topological polar surface area (TPSA) is 87.1 Å². The molecule has 0 fully saturated rings. The SMILES string of the molecule is O=C(Nc1cccc(O)c1)c1cc2ccc(=O)n(-c3ccc(F)cc3)c2[nH]1. The first-order valence-corrected chi connectivity index (χ1v) is 8.12. The molecule has 0 saturated carbocycles. The average molecular weight is 363 g/mol. The highest BCUT2D eigenvalue weighted by molar-refractivity contribution is 6.05. The number of rotatable bonds is 3. The Bertz CT molecular complexity index is 1210. The Morgan fingerprint density at radius 2 is 1.81 bits per heavy atom. The quantitative estimate of drug-likeness (QED) is 0.521. The van der Waals surface area contributed by atoms with E-state index < -0.39 is 11.7 Å². The predicted molar refractivity (Wildman–Crippen MR) is 99.9 cm³/mol. The molecule has 7 heteroatoms. The van der Waals surface area contributed by atoms with E-state index in [1.165, 1.54) is 47.0 Å². The molecule has 0 aliphatic rings. The van der Waals surface area contributed by atoms with Crippen molar-refractivity contribution in [2.24, 2.45) is 0 Å². The molecule has 0 aliphatic heterocycles. The van der Waals surface area contributed by atoms with E-state index in [4.69, 9.17) is 0 Å². The molecule has 0 spiro atoms. The number of pyridine rings is 1. The lowest BCUT2D eigenvalue weighted by Gasteiger charge is -2.07. The zero-order valence-electron chi connectivity index (χ0n) is 13.9. The monoisotopic (exact) mass is 363 g/mol. The minimum Gasteiger partial charge on any atom is -0.508 e. The van der Waals surface area contributed by atoms with Gasteiger partial charge in [0.1, 0.15) is 22.9 Å². The van der Waals surface area contributed by atoms with Crippen LogP contribution in [0.2, 0.25) is 0 Å². The van der Waals surface area contributed by atoms with Gasteiger partial charge in [0, 0.05) is 23.2 Å². The minimum atomic E-state index is -0.421. The van der Waals surface area contributed by atoms with E-state index in [1.807, 2.05) is 0 Å². The molecule has 2 aromatic heterocycles. The number of aromatic amines is 1. The number of phenols is 1. The number of amides is 1. The lowest BCUT2D eigenvalue weighted by molar-refractivity contribution is 0.102. The van der Waals surface area contributed by atoms with Crippen molar-refractivity contribution in [1.82, 2.24) is 9.55 Å². The molecule has 0 bridgehead atoms. The maximum absolute atomic E-state index is 13.2. The summed E-state index contributed by atoms with van der Waals surface area (Å²) in [5, 5.41) is 12.8. The van der Waals surface area contributed by atoms with Crippen LogP contribution < -0.4 is 10.9 Å². The molecule has 0 atom stereocenters. The number of anilines is 1. The maximum Gasteiger partial charge on any atom is 0.272 e. The Kier molecular flexibility index (Phi) is 3.97. The summed E-state index contributed by atoms with van der Waals surface area (Å²) in [4.78, 5) is 27.8. The average Bonchev–Trinajstić information content (AvgIpc) is 3.07. The van der Waals surface area contributed by atoms with Gasteiger partial charge in [-0.1, -0.05) is 6.07 Å². The predicted octanol–water partition coefficient (Wildman–Crippen LogP) is 3.42. The van der Waals surface area contributed by atoms with Crippen LogP contribution in [0.4, 0.5) is 10.1 Å². The van der Waals surface area contributed by atoms with Gasteiger partial charge in [0.2, 0.25) is 0 Å². The Hall–Kier alpha value is -3.87. The molecule has 6 nitrogen and oxygen atoms in total. The summed E-state index contributed by atoms with van der Waals surface area (Å²) in [5.74, 6) is -0.791. The summed E-state index contributed by atoms with van der Waals surface area (Å²) >= 11 is 0. The van der Waals surface area contributed by atoms with Crippen molar-refractivity contribution in [1.29, 1.82) is 0 Å². The van der Waals surface area contributed by atoms with Gasteiger partial charge >= 0.3 is 0 Å². The summed E-state index contributed by atoms with van der Waals surface area (Å²) in [7, 11) is 0. The van der Waals surface area contributed by atoms with Gasteiger partial charge in [0.25, 0.3) is 11.5 Å². The third-order valence-corrected chi connectivity index (χ3v) is 4.11. The fraction of sp³-hybridized carbons (Fsp3) is 0. The Balaban J connectivity index is 1.76. The van der Waals surface area contributed by atoms with Crippen LogP contribution in [-0.4, -0.2) is 20.6 Å². The van der Waals surface area contributed by atoms with Crippen molar-refractivity contribution in [2.45, 2.75) is 0 Å². The van der Waals surface area contributed by atoms with E-state index in [2.05, 4.69) is 10.3 Å². The molecule has 0 saturated heterocycles. The molecule has 1 amide bonds. The number of benzene rings is 2. The molecule has 2 heterocycles. The Morgan fingerprint density at radius 3 is 2.56 bits per heavy atom. The Labute approximate surface area is 152 Å². The van der Waals surface area contributed by atoms with E-state index in [-0.39, 0.29) is 17.0 Å². The molecular weight excluding hydrogens is 349 g/mol. The highest BCUT2D eigenvalue weighted by Crippen LogP contribution is 2.20. The molecule has 0 unspecified atom stereocenters. The van der Waals surface area contributed by atoms with Crippen LogP contribution >= 0.6 is 0 Å². The second-order valence-electron chi connectivity index (χ2n) is 5.97. The van der Waals surface area contributed by atoms with Crippen LogP contribution in [0.3, 0.4) is 0 Å². The van der Waals surface area contributed by atoms with Gasteiger partial charge < -0.3 is 15.4 Å². The highest BCUT2D eigenvalue weighted by Gasteiger charge is 2.14. The van der Waals surface area contributed by atoms with Crippen LogP contribution in [0.1, 0.15) is 10.5 Å². The number of nitrogens with one attached hydrogen (secondary N) is 2. The first kappa shape index (κ1) is 16.6. The maximum atomic E-state index is 13.2.